The van der Waals surface area contributed by atoms with Crippen LogP contribution in [-0.2, 0) is 17.5 Å². The van der Waals surface area contributed by atoms with Crippen molar-refractivity contribution >= 4 is 28.5 Å². The van der Waals surface area contributed by atoms with Gasteiger partial charge in [0.15, 0.2) is 0 Å². The molecule has 10 heteroatoms. The molecule has 3 aromatic carbocycles. The van der Waals surface area contributed by atoms with Gasteiger partial charge >= 0.3 is 6.18 Å². The van der Waals surface area contributed by atoms with E-state index in [-0.39, 0.29) is 17.2 Å². The molecule has 0 aliphatic carbocycles. The van der Waals surface area contributed by atoms with Crippen LogP contribution in [-0.4, -0.2) is 28.3 Å². The van der Waals surface area contributed by atoms with Crippen molar-refractivity contribution in [2.75, 3.05) is 11.9 Å². The number of nitrogens with one attached hydrogen (secondary N) is 3. The smallest absolute Gasteiger partial charge is 0.354 e. The Morgan fingerprint density at radius 1 is 0.870 bits per heavy atom. The fourth-order valence-electron chi connectivity index (χ4n) is 5.09. The second-order valence-electron chi connectivity index (χ2n) is 10.9. The lowest BCUT2D eigenvalue weighted by molar-refractivity contribution is -0.137. The lowest BCUT2D eigenvalue weighted by atomic mass is 10.0. The molecule has 0 bridgehead atoms. The van der Waals surface area contributed by atoms with Crippen LogP contribution in [0.1, 0.15) is 59.3 Å². The first-order chi connectivity index (χ1) is 22.2. The number of amides is 2. The number of benzene rings is 3. The van der Waals surface area contributed by atoms with Gasteiger partial charge in [0.1, 0.15) is 11.9 Å². The van der Waals surface area contributed by atoms with E-state index in [1.807, 2.05) is 54.6 Å². The van der Waals surface area contributed by atoms with Gasteiger partial charge in [0.05, 0.1) is 22.3 Å². The van der Waals surface area contributed by atoms with E-state index in [2.05, 4.69) is 32.8 Å². The molecular weight excluding hydrogens is 591 g/mol. The molecule has 3 N–H and O–H groups in total. The molecule has 0 aliphatic heterocycles. The summed E-state index contributed by atoms with van der Waals surface area (Å²) in [6.45, 7) is 3.21. The number of alkyl halides is 3. The Labute approximate surface area is 265 Å². The van der Waals surface area contributed by atoms with E-state index in [4.69, 9.17) is 0 Å². The summed E-state index contributed by atoms with van der Waals surface area (Å²) in [6, 6.07) is 26.0. The van der Waals surface area contributed by atoms with Crippen LogP contribution in [0.25, 0.3) is 22.2 Å². The van der Waals surface area contributed by atoms with Crippen LogP contribution in [0.3, 0.4) is 0 Å². The Morgan fingerprint density at radius 3 is 2.39 bits per heavy atom. The first-order valence-corrected chi connectivity index (χ1v) is 15.1. The maximum absolute atomic E-state index is 13.2. The SMILES string of the molecule is CCCCCNC(=O)C(NCc1ccc2nc(NC(=O)c3cccnc3-c3ccc(C(F)(F)F)cc3)ccc2c1)c1ccccc1. The summed E-state index contributed by atoms with van der Waals surface area (Å²) >= 11 is 0. The summed E-state index contributed by atoms with van der Waals surface area (Å²) in [5.74, 6) is -0.245. The molecule has 1 atom stereocenters. The Bertz CT molecular complexity index is 1790. The zero-order valence-corrected chi connectivity index (χ0v) is 25.3. The molecule has 2 aromatic heterocycles. The topological polar surface area (TPSA) is 96.0 Å². The average Bonchev–Trinajstić information content (AvgIpc) is 3.07. The second kappa shape index (κ2) is 14.8. The molecule has 2 heterocycles. The molecule has 0 fully saturated rings. The van der Waals surface area contributed by atoms with E-state index in [0.29, 0.717) is 30.0 Å². The lowest BCUT2D eigenvalue weighted by Gasteiger charge is -2.19. The number of hydrogen-bond donors (Lipinski definition) is 3. The molecule has 46 heavy (non-hydrogen) atoms. The highest BCUT2D eigenvalue weighted by Crippen LogP contribution is 2.31. The van der Waals surface area contributed by atoms with Crippen molar-refractivity contribution < 1.29 is 22.8 Å². The number of rotatable bonds is 12. The molecule has 0 saturated heterocycles. The van der Waals surface area contributed by atoms with E-state index in [0.717, 1.165) is 47.9 Å². The van der Waals surface area contributed by atoms with Gasteiger partial charge in [0.2, 0.25) is 5.91 Å². The van der Waals surface area contributed by atoms with Crippen molar-refractivity contribution in [3.8, 4) is 11.3 Å². The Morgan fingerprint density at radius 2 is 1.65 bits per heavy atom. The van der Waals surface area contributed by atoms with Gasteiger partial charge in [-0.3, -0.25) is 19.9 Å². The molecule has 0 aliphatic rings. The predicted molar refractivity (Wildman–Crippen MR) is 173 cm³/mol. The van der Waals surface area contributed by atoms with Gasteiger partial charge in [-0.15, -0.1) is 0 Å². The third kappa shape index (κ3) is 8.13. The van der Waals surface area contributed by atoms with Crippen LogP contribution >= 0.6 is 0 Å². The van der Waals surface area contributed by atoms with E-state index in [9.17, 15) is 22.8 Å². The molecule has 0 radical (unpaired) electrons. The number of nitrogens with zero attached hydrogens (tertiary/aromatic N) is 2. The van der Waals surface area contributed by atoms with Crippen LogP contribution in [0.15, 0.2) is 103 Å². The number of halogens is 3. The van der Waals surface area contributed by atoms with E-state index < -0.39 is 23.7 Å². The molecule has 236 valence electrons. The van der Waals surface area contributed by atoms with Crippen LogP contribution in [0.2, 0.25) is 0 Å². The zero-order chi connectivity index (χ0) is 32.5. The number of anilines is 1. The van der Waals surface area contributed by atoms with Crippen molar-refractivity contribution in [1.29, 1.82) is 0 Å². The van der Waals surface area contributed by atoms with Gasteiger partial charge in [-0.1, -0.05) is 68.3 Å². The van der Waals surface area contributed by atoms with Gasteiger partial charge in [-0.2, -0.15) is 13.2 Å². The monoisotopic (exact) mass is 625 g/mol. The molecule has 1 unspecified atom stereocenters. The third-order valence-corrected chi connectivity index (χ3v) is 7.52. The van der Waals surface area contributed by atoms with Crippen molar-refractivity contribution in [2.24, 2.45) is 0 Å². The first-order valence-electron chi connectivity index (χ1n) is 15.1. The van der Waals surface area contributed by atoms with Crippen LogP contribution < -0.4 is 16.0 Å². The number of pyridine rings is 2. The van der Waals surface area contributed by atoms with Crippen LogP contribution in [0.5, 0.6) is 0 Å². The number of fused-ring (bicyclic) bond motifs is 1. The van der Waals surface area contributed by atoms with E-state index in [1.54, 1.807) is 18.2 Å². The van der Waals surface area contributed by atoms with Crippen molar-refractivity contribution in [1.82, 2.24) is 20.6 Å². The molecular formula is C36H34F3N5O2. The average molecular weight is 626 g/mol. The molecule has 0 saturated carbocycles. The van der Waals surface area contributed by atoms with E-state index >= 15 is 0 Å². The normalized spacial score (nSPS) is 12.1. The number of hydrogen-bond acceptors (Lipinski definition) is 5. The summed E-state index contributed by atoms with van der Waals surface area (Å²) in [7, 11) is 0. The quantitative estimate of drug-likeness (QED) is 0.124. The molecule has 5 rings (SSSR count). The number of carbonyl (C=O) groups is 2. The highest BCUT2D eigenvalue weighted by atomic mass is 19.4. The van der Waals surface area contributed by atoms with Gasteiger partial charge in [-0.05, 0) is 66.1 Å². The fraction of sp³-hybridized carbons (Fsp3) is 0.222. The number of carbonyl (C=O) groups excluding carboxylic acids is 2. The predicted octanol–water partition coefficient (Wildman–Crippen LogP) is 7.71. The number of aromatic nitrogens is 2. The summed E-state index contributed by atoms with van der Waals surface area (Å²) in [4.78, 5) is 35.1. The Kier molecular flexibility index (Phi) is 10.4. The standard InChI is InChI=1S/C36H34F3N5O2/c1-2-3-7-20-41-35(46)33(25-9-5-4-6-10-25)42-23-24-12-18-30-27(22-24)15-19-31(43-30)44-34(45)29-11-8-21-40-32(29)26-13-16-28(17-14-26)36(37,38)39/h4-6,8-19,21-22,33,42H,2-3,7,20,23H2,1H3,(H,41,46)(H,43,44,45). The molecule has 2 amide bonds. The van der Waals surface area contributed by atoms with Gasteiger partial charge in [-0.25, -0.2) is 4.98 Å². The van der Waals surface area contributed by atoms with Crippen molar-refractivity contribution in [3.63, 3.8) is 0 Å². The Hall–Kier alpha value is -5.09. The van der Waals surface area contributed by atoms with Crippen molar-refractivity contribution in [2.45, 2.75) is 44.9 Å². The molecule has 0 spiro atoms. The second-order valence-corrected chi connectivity index (χ2v) is 10.9. The first kappa shape index (κ1) is 32.3. The summed E-state index contributed by atoms with van der Waals surface area (Å²) in [5.41, 5.74) is 2.56. The summed E-state index contributed by atoms with van der Waals surface area (Å²) < 4.78 is 39.1. The maximum atomic E-state index is 13.2. The lowest BCUT2D eigenvalue weighted by Crippen LogP contribution is -2.37. The summed E-state index contributed by atoms with van der Waals surface area (Å²) in [5, 5.41) is 10.1. The fourth-order valence-corrected chi connectivity index (χ4v) is 5.09. The van der Waals surface area contributed by atoms with Crippen molar-refractivity contribution in [3.05, 3.63) is 126 Å². The van der Waals surface area contributed by atoms with Gasteiger partial charge in [0.25, 0.3) is 5.91 Å². The maximum Gasteiger partial charge on any atom is 0.416 e. The molecule has 5 aromatic rings. The van der Waals surface area contributed by atoms with Gasteiger partial charge < -0.3 is 10.6 Å². The van der Waals surface area contributed by atoms with E-state index in [1.165, 1.54) is 18.3 Å². The third-order valence-electron chi connectivity index (χ3n) is 7.52. The Balaban J connectivity index is 1.27. The minimum atomic E-state index is -4.46. The summed E-state index contributed by atoms with van der Waals surface area (Å²) in [6.07, 6.45) is 0.0985. The molecule has 7 nitrogen and oxygen atoms in total. The minimum absolute atomic E-state index is 0.0692. The van der Waals surface area contributed by atoms with Crippen LogP contribution in [0, 0.1) is 0 Å². The van der Waals surface area contributed by atoms with Crippen LogP contribution in [0.4, 0.5) is 19.0 Å². The highest BCUT2D eigenvalue weighted by Gasteiger charge is 2.30. The number of unbranched alkanes of at least 4 members (excludes halogenated alkanes) is 2. The zero-order valence-electron chi connectivity index (χ0n) is 25.3. The highest BCUT2D eigenvalue weighted by molar-refractivity contribution is 6.08. The largest absolute Gasteiger partial charge is 0.416 e. The van der Waals surface area contributed by atoms with Gasteiger partial charge in [0, 0.05) is 30.2 Å². The minimum Gasteiger partial charge on any atom is -0.354 e.